The van der Waals surface area contributed by atoms with Crippen molar-refractivity contribution >= 4 is 21.4 Å². The van der Waals surface area contributed by atoms with Crippen molar-refractivity contribution in [2.75, 3.05) is 23.9 Å². The summed E-state index contributed by atoms with van der Waals surface area (Å²) >= 11 is 0. The van der Waals surface area contributed by atoms with Crippen LogP contribution in [0.15, 0.2) is 42.7 Å². The molecule has 2 aromatic rings. The maximum Gasteiger partial charge on any atom is 0.244 e. The van der Waals surface area contributed by atoms with Gasteiger partial charge in [0, 0.05) is 31.2 Å². The second-order valence-electron chi connectivity index (χ2n) is 6.78. The Bertz CT molecular complexity index is 864. The molecule has 0 radical (unpaired) electrons. The number of nitrogens with zero attached hydrogens (tertiary/aromatic N) is 3. The van der Waals surface area contributed by atoms with E-state index in [4.69, 9.17) is 0 Å². The first kappa shape index (κ1) is 18.4. The van der Waals surface area contributed by atoms with Gasteiger partial charge in [0.2, 0.25) is 5.91 Å². The fraction of sp³-hybridized carbons (Fsp3) is 0.444. The van der Waals surface area contributed by atoms with Crippen molar-refractivity contribution in [2.45, 2.75) is 32.0 Å². The summed E-state index contributed by atoms with van der Waals surface area (Å²) in [5, 5.41) is 7.41. The number of carbonyl (C=O) groups is 1. The van der Waals surface area contributed by atoms with E-state index in [0.717, 1.165) is 11.3 Å². The normalized spacial score (nSPS) is 19.8. The molecule has 3 rings (SSSR count). The van der Waals surface area contributed by atoms with Crippen LogP contribution in [0.25, 0.3) is 0 Å². The van der Waals surface area contributed by atoms with Gasteiger partial charge in [0.1, 0.15) is 6.04 Å². The zero-order chi connectivity index (χ0) is 18.7. The SMILES string of the molecule is CC(Nc1cccc(Cn2cccn2)c1)C(=O)N(C)C1CCS(=O)(=O)C1. The van der Waals surface area contributed by atoms with Crippen molar-refractivity contribution in [3.8, 4) is 0 Å². The summed E-state index contributed by atoms with van der Waals surface area (Å²) in [5.74, 6) is 0.109. The van der Waals surface area contributed by atoms with E-state index in [0.29, 0.717) is 13.0 Å². The molecule has 2 unspecified atom stereocenters. The molecule has 1 N–H and O–H groups in total. The van der Waals surface area contributed by atoms with Crippen LogP contribution >= 0.6 is 0 Å². The molecule has 0 bridgehead atoms. The fourth-order valence-electron chi connectivity index (χ4n) is 3.22. The smallest absolute Gasteiger partial charge is 0.244 e. The van der Waals surface area contributed by atoms with Crippen LogP contribution in [0, 0.1) is 0 Å². The lowest BCUT2D eigenvalue weighted by Crippen LogP contribution is -2.45. The molecule has 2 heterocycles. The van der Waals surface area contributed by atoms with Gasteiger partial charge in [-0.05, 0) is 37.1 Å². The number of carbonyl (C=O) groups excluding carboxylic acids is 1. The molecule has 0 saturated carbocycles. The number of benzene rings is 1. The number of hydrogen-bond donors (Lipinski definition) is 1. The summed E-state index contributed by atoms with van der Waals surface area (Å²) in [6.45, 7) is 2.45. The second-order valence-corrected chi connectivity index (χ2v) is 9.00. The van der Waals surface area contributed by atoms with Crippen LogP contribution in [-0.2, 0) is 21.2 Å². The Hall–Kier alpha value is -2.35. The summed E-state index contributed by atoms with van der Waals surface area (Å²) in [4.78, 5) is 14.2. The predicted octanol–water partition coefficient (Wildman–Crippen LogP) is 1.38. The van der Waals surface area contributed by atoms with Crippen molar-refractivity contribution in [3.05, 3.63) is 48.3 Å². The number of aromatic nitrogens is 2. The highest BCUT2D eigenvalue weighted by Gasteiger charge is 2.34. The fourth-order valence-corrected chi connectivity index (χ4v) is 4.99. The minimum atomic E-state index is -3.01. The van der Waals surface area contributed by atoms with Gasteiger partial charge in [0.15, 0.2) is 9.84 Å². The van der Waals surface area contributed by atoms with Crippen molar-refractivity contribution < 1.29 is 13.2 Å². The average Bonchev–Trinajstić information content (AvgIpc) is 3.23. The van der Waals surface area contributed by atoms with E-state index in [1.807, 2.05) is 41.2 Å². The number of amides is 1. The molecule has 7 nitrogen and oxygen atoms in total. The standard InChI is InChI=1S/C18H24N4O3S/c1-14(18(23)21(2)17-7-10-26(24,25)13-17)20-16-6-3-5-15(11-16)12-22-9-4-8-19-22/h3-6,8-9,11,14,17,20H,7,10,12-13H2,1-2H3. The molecule has 1 aliphatic rings. The minimum absolute atomic E-state index is 0.0569. The molecule has 0 aliphatic carbocycles. The van der Waals surface area contributed by atoms with E-state index in [1.54, 1.807) is 25.1 Å². The number of nitrogens with one attached hydrogen (secondary N) is 1. The second kappa shape index (κ2) is 7.49. The zero-order valence-corrected chi connectivity index (χ0v) is 15.8. The molecule has 2 atom stereocenters. The highest BCUT2D eigenvalue weighted by Crippen LogP contribution is 2.19. The number of hydrogen-bond acceptors (Lipinski definition) is 5. The monoisotopic (exact) mass is 376 g/mol. The Morgan fingerprint density at radius 3 is 2.88 bits per heavy atom. The number of likely N-dealkylation sites (N-methyl/N-ethyl adjacent to an activating group) is 1. The number of anilines is 1. The number of rotatable bonds is 6. The van der Waals surface area contributed by atoms with Crippen LogP contribution in [0.5, 0.6) is 0 Å². The first-order chi connectivity index (χ1) is 12.3. The molecule has 8 heteroatoms. The molecule has 140 valence electrons. The third kappa shape index (κ3) is 4.43. The summed E-state index contributed by atoms with van der Waals surface area (Å²) in [6.07, 6.45) is 4.15. The van der Waals surface area contributed by atoms with E-state index in [1.165, 1.54) is 0 Å². The van der Waals surface area contributed by atoms with E-state index in [9.17, 15) is 13.2 Å². The maximum atomic E-state index is 12.6. The van der Waals surface area contributed by atoms with Crippen LogP contribution in [-0.4, -0.2) is 59.6 Å². The topological polar surface area (TPSA) is 84.3 Å². The quantitative estimate of drug-likeness (QED) is 0.823. The van der Waals surface area contributed by atoms with Gasteiger partial charge >= 0.3 is 0 Å². The Balaban J connectivity index is 1.62. The zero-order valence-electron chi connectivity index (χ0n) is 15.0. The van der Waals surface area contributed by atoms with Crippen LogP contribution < -0.4 is 5.32 Å². The third-order valence-electron chi connectivity index (χ3n) is 4.69. The van der Waals surface area contributed by atoms with Gasteiger partial charge in [-0.15, -0.1) is 0 Å². The molecular formula is C18H24N4O3S. The van der Waals surface area contributed by atoms with E-state index in [-0.39, 0.29) is 23.5 Å². The van der Waals surface area contributed by atoms with E-state index in [2.05, 4.69) is 10.4 Å². The van der Waals surface area contributed by atoms with Crippen LogP contribution in [0.1, 0.15) is 18.9 Å². The van der Waals surface area contributed by atoms with Gasteiger partial charge < -0.3 is 10.2 Å². The first-order valence-electron chi connectivity index (χ1n) is 8.64. The lowest BCUT2D eigenvalue weighted by atomic mass is 10.1. The van der Waals surface area contributed by atoms with Gasteiger partial charge in [0.25, 0.3) is 0 Å². The largest absolute Gasteiger partial charge is 0.374 e. The molecule has 1 fully saturated rings. The van der Waals surface area contributed by atoms with E-state index >= 15 is 0 Å². The summed E-state index contributed by atoms with van der Waals surface area (Å²) in [7, 11) is -1.33. The maximum absolute atomic E-state index is 12.6. The van der Waals surface area contributed by atoms with Crippen molar-refractivity contribution in [1.29, 1.82) is 0 Å². The van der Waals surface area contributed by atoms with Crippen molar-refractivity contribution in [1.82, 2.24) is 14.7 Å². The lowest BCUT2D eigenvalue weighted by molar-refractivity contribution is -0.132. The molecular weight excluding hydrogens is 352 g/mol. The van der Waals surface area contributed by atoms with Gasteiger partial charge in [-0.25, -0.2) is 8.42 Å². The van der Waals surface area contributed by atoms with Gasteiger partial charge in [0.05, 0.1) is 18.1 Å². The van der Waals surface area contributed by atoms with Gasteiger partial charge in [-0.2, -0.15) is 5.10 Å². The summed E-state index contributed by atoms with van der Waals surface area (Å²) < 4.78 is 25.1. The predicted molar refractivity (Wildman–Crippen MR) is 101 cm³/mol. The Labute approximate surface area is 153 Å². The summed E-state index contributed by atoms with van der Waals surface area (Å²) in [5.41, 5.74) is 1.93. The first-order valence-corrected chi connectivity index (χ1v) is 10.5. The van der Waals surface area contributed by atoms with Crippen molar-refractivity contribution in [3.63, 3.8) is 0 Å². The van der Waals surface area contributed by atoms with Gasteiger partial charge in [-0.1, -0.05) is 12.1 Å². The van der Waals surface area contributed by atoms with Crippen LogP contribution in [0.2, 0.25) is 0 Å². The molecule has 1 amide bonds. The highest BCUT2D eigenvalue weighted by atomic mass is 32.2. The minimum Gasteiger partial charge on any atom is -0.374 e. The highest BCUT2D eigenvalue weighted by molar-refractivity contribution is 7.91. The van der Waals surface area contributed by atoms with Crippen LogP contribution in [0.4, 0.5) is 5.69 Å². The van der Waals surface area contributed by atoms with Crippen molar-refractivity contribution in [2.24, 2.45) is 0 Å². The molecule has 1 aliphatic heterocycles. The number of sulfone groups is 1. The molecule has 1 aromatic carbocycles. The van der Waals surface area contributed by atoms with E-state index < -0.39 is 15.9 Å². The third-order valence-corrected chi connectivity index (χ3v) is 6.44. The van der Waals surface area contributed by atoms with Crippen LogP contribution in [0.3, 0.4) is 0 Å². The molecule has 0 spiro atoms. The molecule has 1 saturated heterocycles. The lowest BCUT2D eigenvalue weighted by Gasteiger charge is -2.27. The molecule has 1 aromatic heterocycles. The average molecular weight is 376 g/mol. The Kier molecular flexibility index (Phi) is 5.31. The van der Waals surface area contributed by atoms with Gasteiger partial charge in [-0.3, -0.25) is 9.48 Å². The Morgan fingerprint density at radius 2 is 2.23 bits per heavy atom. The molecule has 26 heavy (non-hydrogen) atoms. The summed E-state index contributed by atoms with van der Waals surface area (Å²) in [6, 6.07) is 9.05. The Morgan fingerprint density at radius 1 is 1.42 bits per heavy atom.